The fraction of sp³-hybridized carbons (Fsp3) is 0.200. The van der Waals surface area contributed by atoms with E-state index in [0.29, 0.717) is 17.9 Å². The van der Waals surface area contributed by atoms with Crippen molar-refractivity contribution in [3.63, 3.8) is 0 Å². The van der Waals surface area contributed by atoms with Gasteiger partial charge >= 0.3 is 0 Å². The number of anilines is 1. The summed E-state index contributed by atoms with van der Waals surface area (Å²) in [6, 6.07) is 12.2. The Morgan fingerprint density at radius 2 is 1.78 bits per heavy atom. The maximum Gasteiger partial charge on any atom is 0.210 e. The van der Waals surface area contributed by atoms with E-state index in [0.717, 1.165) is 23.4 Å². The second kappa shape index (κ2) is 7.08. The Bertz CT molecular complexity index is 1090. The van der Waals surface area contributed by atoms with E-state index in [4.69, 9.17) is 10.5 Å². The third-order valence-corrected chi connectivity index (χ3v) is 6.62. The predicted octanol–water partition coefficient (Wildman–Crippen LogP) is 3.72. The molecule has 142 valence electrons. The molecule has 27 heavy (non-hydrogen) atoms. The van der Waals surface area contributed by atoms with Gasteiger partial charge in [0.1, 0.15) is 22.3 Å². The van der Waals surface area contributed by atoms with Gasteiger partial charge in [0.2, 0.25) is 9.84 Å². The fourth-order valence-corrected chi connectivity index (χ4v) is 4.76. The quantitative estimate of drug-likeness (QED) is 0.676. The van der Waals surface area contributed by atoms with Crippen LogP contribution in [0.5, 0.6) is 5.75 Å². The zero-order chi connectivity index (χ0) is 19.8. The molecule has 0 spiro atoms. The van der Waals surface area contributed by atoms with Crippen LogP contribution in [-0.4, -0.2) is 20.1 Å². The number of methoxy groups -OCH3 is 1. The first kappa shape index (κ1) is 19.0. The van der Waals surface area contributed by atoms with Crippen molar-refractivity contribution in [3.8, 4) is 5.75 Å². The smallest absolute Gasteiger partial charge is 0.210 e. The van der Waals surface area contributed by atoms with Gasteiger partial charge in [0.05, 0.1) is 12.0 Å². The zero-order valence-corrected chi connectivity index (χ0v) is 16.2. The largest absolute Gasteiger partial charge is 0.497 e. The number of rotatable bonds is 5. The Kier molecular flexibility index (Phi) is 4.97. The topological polar surface area (TPSA) is 74.3 Å². The molecule has 1 heterocycles. The minimum absolute atomic E-state index is 0.0113. The molecular weight excluding hydrogens is 367 g/mol. The molecule has 0 bridgehead atoms. The van der Waals surface area contributed by atoms with E-state index < -0.39 is 15.7 Å². The lowest BCUT2D eigenvalue weighted by Crippen LogP contribution is -2.09. The number of aromatic nitrogens is 1. The average Bonchev–Trinajstić information content (AvgIpc) is 2.86. The van der Waals surface area contributed by atoms with Crippen LogP contribution in [0.25, 0.3) is 0 Å². The molecule has 0 aliphatic rings. The molecule has 0 saturated heterocycles. The SMILES string of the molecule is COc1cccc(Cn2c(C)c(C)c(S(=O)(=O)c3ccc(F)cc3)c2N)c1. The van der Waals surface area contributed by atoms with Crippen molar-refractivity contribution in [2.45, 2.75) is 30.2 Å². The van der Waals surface area contributed by atoms with Crippen LogP contribution in [0.15, 0.2) is 58.3 Å². The third-order valence-electron chi connectivity index (χ3n) is 4.68. The van der Waals surface area contributed by atoms with Crippen LogP contribution in [0.4, 0.5) is 10.2 Å². The summed E-state index contributed by atoms with van der Waals surface area (Å²) in [5.74, 6) is 0.384. The van der Waals surface area contributed by atoms with Gasteiger partial charge in [0.25, 0.3) is 0 Å². The minimum atomic E-state index is -3.86. The molecule has 0 radical (unpaired) electrons. The standard InChI is InChI=1S/C20H21FN2O3S/c1-13-14(2)23(12-15-5-4-6-17(11-15)26-3)20(22)19(13)27(24,25)18-9-7-16(21)8-10-18/h4-11H,12,22H2,1-3H3. The molecule has 5 nitrogen and oxygen atoms in total. The van der Waals surface area contributed by atoms with Gasteiger partial charge in [-0.25, -0.2) is 12.8 Å². The summed E-state index contributed by atoms with van der Waals surface area (Å²) in [5, 5.41) is 0. The molecule has 7 heteroatoms. The van der Waals surface area contributed by atoms with Crippen molar-refractivity contribution >= 4 is 15.7 Å². The second-order valence-electron chi connectivity index (χ2n) is 6.32. The average molecular weight is 388 g/mol. The molecule has 2 aromatic carbocycles. The number of nitrogen functional groups attached to an aromatic ring is 1. The number of hydrogen-bond donors (Lipinski definition) is 1. The maximum absolute atomic E-state index is 13.2. The van der Waals surface area contributed by atoms with E-state index in [-0.39, 0.29) is 15.6 Å². The number of ether oxygens (including phenoxy) is 1. The molecule has 0 unspecified atom stereocenters. The van der Waals surface area contributed by atoms with E-state index in [2.05, 4.69) is 0 Å². The Balaban J connectivity index is 2.08. The Labute approximate surface area is 158 Å². The monoisotopic (exact) mass is 388 g/mol. The molecule has 2 N–H and O–H groups in total. The molecule has 3 rings (SSSR count). The molecule has 0 atom stereocenters. The summed E-state index contributed by atoms with van der Waals surface area (Å²) in [7, 11) is -2.27. The van der Waals surface area contributed by atoms with Gasteiger partial charge in [-0.3, -0.25) is 0 Å². The molecule has 0 aliphatic carbocycles. The van der Waals surface area contributed by atoms with E-state index in [9.17, 15) is 12.8 Å². The number of nitrogens with zero attached hydrogens (tertiary/aromatic N) is 1. The summed E-state index contributed by atoms with van der Waals surface area (Å²) < 4.78 is 46.3. The van der Waals surface area contributed by atoms with Crippen molar-refractivity contribution in [2.24, 2.45) is 0 Å². The highest BCUT2D eigenvalue weighted by Crippen LogP contribution is 2.34. The fourth-order valence-electron chi connectivity index (χ4n) is 3.09. The molecule has 1 aromatic heterocycles. The Morgan fingerprint density at radius 3 is 2.41 bits per heavy atom. The normalized spacial score (nSPS) is 11.6. The molecule has 0 fully saturated rings. The molecule has 3 aromatic rings. The first-order valence-corrected chi connectivity index (χ1v) is 9.82. The van der Waals surface area contributed by atoms with Crippen LogP contribution in [-0.2, 0) is 16.4 Å². The summed E-state index contributed by atoms with van der Waals surface area (Å²) in [6.45, 7) is 3.97. The third kappa shape index (κ3) is 3.42. The first-order chi connectivity index (χ1) is 12.8. The summed E-state index contributed by atoms with van der Waals surface area (Å²) in [4.78, 5) is 0.0757. The van der Waals surface area contributed by atoms with Crippen LogP contribution in [0.1, 0.15) is 16.8 Å². The first-order valence-electron chi connectivity index (χ1n) is 8.34. The highest BCUT2D eigenvalue weighted by atomic mass is 32.2. The lowest BCUT2D eigenvalue weighted by molar-refractivity contribution is 0.414. The zero-order valence-electron chi connectivity index (χ0n) is 15.4. The molecule has 0 amide bonds. The summed E-state index contributed by atoms with van der Waals surface area (Å²) in [5.41, 5.74) is 8.53. The van der Waals surface area contributed by atoms with Crippen LogP contribution < -0.4 is 10.5 Å². The number of halogens is 1. The van der Waals surface area contributed by atoms with Gasteiger partial charge in [-0.2, -0.15) is 0 Å². The van der Waals surface area contributed by atoms with E-state index in [1.165, 1.54) is 12.1 Å². The lowest BCUT2D eigenvalue weighted by atomic mass is 10.2. The van der Waals surface area contributed by atoms with Crippen molar-refractivity contribution in [3.05, 3.63) is 71.2 Å². The highest BCUT2D eigenvalue weighted by molar-refractivity contribution is 7.91. The molecule has 0 saturated carbocycles. The van der Waals surface area contributed by atoms with E-state index in [1.54, 1.807) is 18.6 Å². The van der Waals surface area contributed by atoms with Crippen LogP contribution >= 0.6 is 0 Å². The van der Waals surface area contributed by atoms with Crippen molar-refractivity contribution in [1.82, 2.24) is 4.57 Å². The van der Waals surface area contributed by atoms with Gasteiger partial charge < -0.3 is 15.0 Å². The van der Waals surface area contributed by atoms with Gasteiger partial charge in [-0.15, -0.1) is 0 Å². The highest BCUT2D eigenvalue weighted by Gasteiger charge is 2.28. The number of benzene rings is 2. The lowest BCUT2D eigenvalue weighted by Gasteiger charge is -2.11. The van der Waals surface area contributed by atoms with Crippen LogP contribution in [0.3, 0.4) is 0 Å². The molecule has 0 aliphatic heterocycles. The number of nitrogens with two attached hydrogens (primary N) is 1. The molecular formula is C20H21FN2O3S. The van der Waals surface area contributed by atoms with Crippen molar-refractivity contribution in [2.75, 3.05) is 12.8 Å². The van der Waals surface area contributed by atoms with E-state index >= 15 is 0 Å². The number of sulfone groups is 1. The van der Waals surface area contributed by atoms with Gasteiger partial charge in [-0.05, 0) is 61.4 Å². The minimum Gasteiger partial charge on any atom is -0.497 e. The van der Waals surface area contributed by atoms with Gasteiger partial charge in [-0.1, -0.05) is 12.1 Å². The summed E-state index contributed by atoms with van der Waals surface area (Å²) in [6.07, 6.45) is 0. The van der Waals surface area contributed by atoms with Crippen molar-refractivity contribution in [1.29, 1.82) is 0 Å². The van der Waals surface area contributed by atoms with Gasteiger partial charge in [0.15, 0.2) is 0 Å². The number of hydrogen-bond acceptors (Lipinski definition) is 4. The van der Waals surface area contributed by atoms with Gasteiger partial charge in [0, 0.05) is 12.2 Å². The second-order valence-corrected chi connectivity index (χ2v) is 8.21. The summed E-state index contributed by atoms with van der Waals surface area (Å²) >= 11 is 0. The van der Waals surface area contributed by atoms with Crippen LogP contribution in [0.2, 0.25) is 0 Å². The predicted molar refractivity (Wildman–Crippen MR) is 102 cm³/mol. The Morgan fingerprint density at radius 1 is 1.11 bits per heavy atom. The Hall–Kier alpha value is -2.80. The van der Waals surface area contributed by atoms with Crippen LogP contribution in [0, 0.1) is 19.7 Å². The maximum atomic E-state index is 13.2. The van der Waals surface area contributed by atoms with Crippen molar-refractivity contribution < 1.29 is 17.5 Å². The van der Waals surface area contributed by atoms with E-state index in [1.807, 2.05) is 31.2 Å².